The summed E-state index contributed by atoms with van der Waals surface area (Å²) < 4.78 is 37.7. The topological polar surface area (TPSA) is 72.9 Å². The van der Waals surface area contributed by atoms with Gasteiger partial charge in [0, 0.05) is 13.1 Å². The lowest BCUT2D eigenvalue weighted by Gasteiger charge is -2.30. The molecule has 28 heavy (non-hydrogen) atoms. The summed E-state index contributed by atoms with van der Waals surface area (Å²) in [5.74, 6) is 0.206. The highest BCUT2D eigenvalue weighted by Crippen LogP contribution is 2.26. The average Bonchev–Trinajstić information content (AvgIpc) is 2.74. The van der Waals surface area contributed by atoms with Crippen LogP contribution < -0.4 is 9.47 Å². The highest BCUT2D eigenvalue weighted by atomic mass is 32.2. The predicted molar refractivity (Wildman–Crippen MR) is 106 cm³/mol. The largest absolute Gasteiger partial charge is 0.497 e. The Balaban J connectivity index is 1.68. The van der Waals surface area contributed by atoms with Crippen LogP contribution in [0.15, 0.2) is 53.4 Å². The minimum atomic E-state index is -3.67. The monoisotopic (exact) mass is 403 g/mol. The maximum Gasteiger partial charge on any atom is 0.315 e. The van der Waals surface area contributed by atoms with E-state index < -0.39 is 15.9 Å². The molecule has 0 aliphatic carbocycles. The number of rotatable bonds is 6. The van der Waals surface area contributed by atoms with Crippen molar-refractivity contribution in [2.75, 3.05) is 20.2 Å². The Bertz CT molecular complexity index is 907. The first-order valence-electron chi connectivity index (χ1n) is 9.39. The number of carbonyl (C=O) groups is 1. The maximum absolute atomic E-state index is 12.9. The number of hydrogen-bond donors (Lipinski definition) is 0. The Hall–Kier alpha value is -2.38. The second kappa shape index (κ2) is 8.75. The van der Waals surface area contributed by atoms with Crippen molar-refractivity contribution in [3.05, 3.63) is 54.1 Å². The molecule has 1 aliphatic rings. The number of nitrogens with zero attached hydrogens (tertiary/aromatic N) is 1. The number of carbonyl (C=O) groups excluding carboxylic acids is 1. The standard InChI is InChI=1S/C21H25NO5S/c1-3-16-6-8-19(9-7-16)27-21(23)17-5-4-14-22(15-17)28(24,25)20-12-10-18(26-2)11-13-20/h6-13,17H,3-5,14-15H2,1-2H3. The molecule has 7 heteroatoms. The smallest absolute Gasteiger partial charge is 0.315 e. The van der Waals surface area contributed by atoms with Gasteiger partial charge in [0.2, 0.25) is 10.0 Å². The summed E-state index contributed by atoms with van der Waals surface area (Å²) in [5, 5.41) is 0. The number of benzene rings is 2. The highest BCUT2D eigenvalue weighted by molar-refractivity contribution is 7.89. The molecule has 6 nitrogen and oxygen atoms in total. The Morgan fingerprint density at radius 3 is 2.32 bits per heavy atom. The van der Waals surface area contributed by atoms with Crippen LogP contribution in [0.4, 0.5) is 0 Å². The normalized spacial score (nSPS) is 17.9. The van der Waals surface area contributed by atoms with Crippen molar-refractivity contribution in [1.82, 2.24) is 4.31 Å². The summed E-state index contributed by atoms with van der Waals surface area (Å²) in [5.41, 5.74) is 1.16. The van der Waals surface area contributed by atoms with Crippen LogP contribution in [0.25, 0.3) is 0 Å². The van der Waals surface area contributed by atoms with Gasteiger partial charge >= 0.3 is 5.97 Å². The second-order valence-corrected chi connectivity index (χ2v) is 8.73. The Kier molecular flexibility index (Phi) is 6.36. The number of sulfonamides is 1. The first-order chi connectivity index (χ1) is 13.4. The van der Waals surface area contributed by atoms with E-state index >= 15 is 0 Å². The van der Waals surface area contributed by atoms with Gasteiger partial charge in [0.15, 0.2) is 0 Å². The van der Waals surface area contributed by atoms with E-state index in [1.807, 2.05) is 12.1 Å². The van der Waals surface area contributed by atoms with Crippen LogP contribution in [-0.4, -0.2) is 38.9 Å². The van der Waals surface area contributed by atoms with Crippen molar-refractivity contribution in [3.8, 4) is 11.5 Å². The molecule has 0 aromatic heterocycles. The lowest BCUT2D eigenvalue weighted by molar-refractivity contribution is -0.140. The van der Waals surface area contributed by atoms with Gasteiger partial charge in [-0.25, -0.2) is 8.42 Å². The zero-order valence-electron chi connectivity index (χ0n) is 16.1. The quantitative estimate of drug-likeness (QED) is 0.547. The first kappa shape index (κ1) is 20.4. The van der Waals surface area contributed by atoms with Gasteiger partial charge in [-0.15, -0.1) is 0 Å². The van der Waals surface area contributed by atoms with Gasteiger partial charge in [0.25, 0.3) is 0 Å². The highest BCUT2D eigenvalue weighted by Gasteiger charge is 2.34. The van der Waals surface area contributed by atoms with Gasteiger partial charge in [-0.3, -0.25) is 4.79 Å². The summed E-state index contributed by atoms with van der Waals surface area (Å²) >= 11 is 0. The van der Waals surface area contributed by atoms with Gasteiger partial charge in [0.05, 0.1) is 17.9 Å². The van der Waals surface area contributed by atoms with Crippen LogP contribution in [0, 0.1) is 5.92 Å². The van der Waals surface area contributed by atoms with E-state index in [4.69, 9.17) is 9.47 Å². The maximum atomic E-state index is 12.9. The van der Waals surface area contributed by atoms with E-state index in [-0.39, 0.29) is 17.4 Å². The summed E-state index contributed by atoms with van der Waals surface area (Å²) in [4.78, 5) is 12.7. The van der Waals surface area contributed by atoms with Crippen molar-refractivity contribution in [3.63, 3.8) is 0 Å². The Labute approximate surface area is 166 Å². The van der Waals surface area contributed by atoms with Crippen LogP contribution >= 0.6 is 0 Å². The molecule has 1 atom stereocenters. The van der Waals surface area contributed by atoms with Crippen molar-refractivity contribution in [1.29, 1.82) is 0 Å². The lowest BCUT2D eigenvalue weighted by Crippen LogP contribution is -2.43. The van der Waals surface area contributed by atoms with Crippen LogP contribution in [0.5, 0.6) is 11.5 Å². The first-order valence-corrected chi connectivity index (χ1v) is 10.8. The Morgan fingerprint density at radius 1 is 1.07 bits per heavy atom. The van der Waals surface area contributed by atoms with E-state index in [2.05, 4.69) is 6.92 Å². The van der Waals surface area contributed by atoms with Crippen LogP contribution in [-0.2, 0) is 21.2 Å². The minimum Gasteiger partial charge on any atom is -0.497 e. The van der Waals surface area contributed by atoms with E-state index in [0.29, 0.717) is 30.9 Å². The molecule has 1 fully saturated rings. The SMILES string of the molecule is CCc1ccc(OC(=O)C2CCCN(S(=O)(=O)c3ccc(OC)cc3)C2)cc1. The molecule has 2 aromatic rings. The molecule has 150 valence electrons. The molecule has 1 unspecified atom stereocenters. The molecule has 2 aromatic carbocycles. The number of aryl methyl sites for hydroxylation is 1. The average molecular weight is 404 g/mol. The summed E-state index contributed by atoms with van der Waals surface area (Å²) in [6.45, 7) is 2.57. The van der Waals surface area contributed by atoms with Crippen molar-refractivity contribution in [2.45, 2.75) is 31.1 Å². The van der Waals surface area contributed by atoms with Crippen molar-refractivity contribution < 1.29 is 22.7 Å². The second-order valence-electron chi connectivity index (χ2n) is 6.80. The van der Waals surface area contributed by atoms with Crippen LogP contribution in [0.1, 0.15) is 25.3 Å². The molecule has 0 spiro atoms. The molecule has 1 heterocycles. The molecule has 1 aliphatic heterocycles. The van der Waals surface area contributed by atoms with Gasteiger partial charge in [-0.05, 0) is 61.2 Å². The van der Waals surface area contributed by atoms with Gasteiger partial charge < -0.3 is 9.47 Å². The molecule has 0 N–H and O–H groups in total. The summed E-state index contributed by atoms with van der Waals surface area (Å²) in [7, 11) is -2.14. The molecule has 1 saturated heterocycles. The van der Waals surface area contributed by atoms with E-state index in [1.165, 1.54) is 23.5 Å². The number of piperidine rings is 1. The van der Waals surface area contributed by atoms with Crippen LogP contribution in [0.3, 0.4) is 0 Å². The molecule has 0 radical (unpaired) electrons. The lowest BCUT2D eigenvalue weighted by atomic mass is 10.00. The molecular weight excluding hydrogens is 378 g/mol. The number of methoxy groups -OCH3 is 1. The summed E-state index contributed by atoms with van der Waals surface area (Å²) in [6.07, 6.45) is 2.14. The van der Waals surface area contributed by atoms with E-state index in [1.54, 1.807) is 24.3 Å². The number of esters is 1. The van der Waals surface area contributed by atoms with Crippen molar-refractivity contribution in [2.24, 2.45) is 5.92 Å². The fraction of sp³-hybridized carbons (Fsp3) is 0.381. The fourth-order valence-electron chi connectivity index (χ4n) is 3.24. The fourth-order valence-corrected chi connectivity index (χ4v) is 4.77. The third-order valence-electron chi connectivity index (χ3n) is 4.96. The molecule has 0 bridgehead atoms. The van der Waals surface area contributed by atoms with Crippen LogP contribution in [0.2, 0.25) is 0 Å². The van der Waals surface area contributed by atoms with E-state index in [9.17, 15) is 13.2 Å². The minimum absolute atomic E-state index is 0.125. The molecular formula is C21H25NO5S. The van der Waals surface area contributed by atoms with Gasteiger partial charge in [-0.2, -0.15) is 4.31 Å². The van der Waals surface area contributed by atoms with Gasteiger partial charge in [-0.1, -0.05) is 19.1 Å². The number of hydrogen-bond acceptors (Lipinski definition) is 5. The number of ether oxygens (including phenoxy) is 2. The third kappa shape index (κ3) is 4.54. The van der Waals surface area contributed by atoms with Crippen molar-refractivity contribution >= 4 is 16.0 Å². The Morgan fingerprint density at radius 2 is 1.71 bits per heavy atom. The zero-order chi connectivity index (χ0) is 20.1. The summed E-state index contributed by atoms with van der Waals surface area (Å²) in [6, 6.07) is 13.6. The van der Waals surface area contributed by atoms with Gasteiger partial charge in [0.1, 0.15) is 11.5 Å². The molecule has 3 rings (SSSR count). The predicted octanol–water partition coefficient (Wildman–Crippen LogP) is 3.26. The third-order valence-corrected chi connectivity index (χ3v) is 6.84. The van der Waals surface area contributed by atoms with E-state index in [0.717, 1.165) is 12.0 Å². The molecule has 0 amide bonds. The molecule has 0 saturated carbocycles. The zero-order valence-corrected chi connectivity index (χ0v) is 16.9.